The van der Waals surface area contributed by atoms with Gasteiger partial charge in [-0.25, -0.2) is 8.78 Å². The summed E-state index contributed by atoms with van der Waals surface area (Å²) < 4.78 is 27.5. The normalized spacial score (nSPS) is 13.9. The number of nitrogens with two attached hydrogens (primary N) is 1. The summed E-state index contributed by atoms with van der Waals surface area (Å²) in [5, 5.41) is 14.0. The number of aliphatic hydroxyl groups is 1. The number of ketones is 1. The molecule has 0 spiro atoms. The summed E-state index contributed by atoms with van der Waals surface area (Å²) in [4.78, 5) is 42.7. The van der Waals surface area contributed by atoms with Gasteiger partial charge in [-0.3, -0.25) is 14.4 Å². The zero-order chi connectivity index (χ0) is 33.1. The third kappa shape index (κ3) is 10.3. The Labute approximate surface area is 264 Å². The van der Waals surface area contributed by atoms with Gasteiger partial charge in [0.2, 0.25) is 5.91 Å². The molecule has 7 nitrogen and oxygen atoms in total. The number of hydrogen-bond donors (Lipinski definition) is 3. The van der Waals surface area contributed by atoms with E-state index in [1.54, 1.807) is 36.9 Å². The van der Waals surface area contributed by atoms with Crippen LogP contribution in [0.5, 0.6) is 0 Å². The van der Waals surface area contributed by atoms with Crippen molar-refractivity contribution in [2.24, 2.45) is 17.6 Å². The first-order chi connectivity index (χ1) is 21.4. The fraction of sp³-hybridized carbons (Fsp3) is 0.417. The van der Waals surface area contributed by atoms with E-state index >= 15 is 0 Å². The summed E-state index contributed by atoms with van der Waals surface area (Å²) in [5.74, 6) is -4.36. The number of aliphatic hydroxyl groups excluding tert-OH is 1. The van der Waals surface area contributed by atoms with Crippen LogP contribution in [-0.4, -0.2) is 52.8 Å². The topological polar surface area (TPSA) is 113 Å². The molecule has 0 bridgehead atoms. The molecule has 0 saturated heterocycles. The Morgan fingerprint density at radius 1 is 0.889 bits per heavy atom. The van der Waals surface area contributed by atoms with Crippen molar-refractivity contribution in [3.8, 4) is 0 Å². The molecule has 0 aliphatic heterocycles. The van der Waals surface area contributed by atoms with E-state index in [-0.39, 0.29) is 42.3 Å². The predicted molar refractivity (Wildman–Crippen MR) is 172 cm³/mol. The smallest absolute Gasteiger partial charge is 0.253 e. The summed E-state index contributed by atoms with van der Waals surface area (Å²) in [6, 6.07) is 16.4. The Hall–Kier alpha value is -3.95. The molecule has 0 aliphatic carbocycles. The number of carbonyl (C=O) groups is 3. The van der Waals surface area contributed by atoms with Crippen LogP contribution in [-0.2, 0) is 17.8 Å². The lowest BCUT2D eigenvalue weighted by atomic mass is 9.80. The van der Waals surface area contributed by atoms with Crippen LogP contribution < -0.4 is 11.1 Å². The van der Waals surface area contributed by atoms with Gasteiger partial charge in [-0.05, 0) is 79.6 Å². The zero-order valence-corrected chi connectivity index (χ0v) is 26.6. The van der Waals surface area contributed by atoms with Gasteiger partial charge in [0.05, 0.1) is 6.10 Å². The Morgan fingerprint density at radius 2 is 1.49 bits per heavy atom. The molecule has 3 aromatic rings. The Balaban J connectivity index is 1.90. The molecule has 0 saturated carbocycles. The quantitative estimate of drug-likeness (QED) is 0.180. The molecule has 9 heteroatoms. The number of Topliss-reactive ketones (excluding diaryl/α,β-unsaturated/α-hetero) is 1. The minimum Gasteiger partial charge on any atom is -0.391 e. The number of amides is 2. The average Bonchev–Trinajstić information content (AvgIpc) is 3.00. The highest BCUT2D eigenvalue weighted by atomic mass is 19.1. The summed E-state index contributed by atoms with van der Waals surface area (Å²) in [7, 11) is 0. The summed E-state index contributed by atoms with van der Waals surface area (Å²) in [6.07, 6.45) is 0.0968. The van der Waals surface area contributed by atoms with Crippen LogP contribution >= 0.6 is 0 Å². The highest BCUT2D eigenvalue weighted by Crippen LogP contribution is 2.27. The van der Waals surface area contributed by atoms with E-state index in [1.807, 2.05) is 44.2 Å². The number of nitrogens with one attached hydrogen (secondary N) is 1. The maximum Gasteiger partial charge on any atom is 0.253 e. The lowest BCUT2D eigenvalue weighted by Crippen LogP contribution is -2.43. The Bertz CT molecular complexity index is 1420. The van der Waals surface area contributed by atoms with Gasteiger partial charge in [0, 0.05) is 54.7 Å². The average molecular weight is 622 g/mol. The van der Waals surface area contributed by atoms with Gasteiger partial charge < -0.3 is 21.1 Å². The van der Waals surface area contributed by atoms with Gasteiger partial charge in [0.1, 0.15) is 11.6 Å². The van der Waals surface area contributed by atoms with Crippen molar-refractivity contribution >= 4 is 17.6 Å². The second-order valence-corrected chi connectivity index (χ2v) is 11.8. The van der Waals surface area contributed by atoms with E-state index in [0.717, 1.165) is 36.6 Å². The number of aryl methyl sites for hydroxylation is 1. The second-order valence-electron chi connectivity index (χ2n) is 11.8. The minimum atomic E-state index is -1.27. The fourth-order valence-corrected chi connectivity index (χ4v) is 5.54. The molecule has 2 amide bonds. The highest BCUT2D eigenvalue weighted by molar-refractivity contribution is 6.03. The first kappa shape index (κ1) is 35.5. The van der Waals surface area contributed by atoms with Crippen LogP contribution in [0.3, 0.4) is 0 Å². The monoisotopic (exact) mass is 621 g/mol. The minimum absolute atomic E-state index is 0.0425. The number of halogens is 2. The lowest BCUT2D eigenvalue weighted by molar-refractivity contribution is -0.126. The second kappa shape index (κ2) is 16.9. The van der Waals surface area contributed by atoms with Crippen LogP contribution in [0, 0.1) is 30.4 Å². The highest BCUT2D eigenvalue weighted by Gasteiger charge is 2.34. The summed E-state index contributed by atoms with van der Waals surface area (Å²) in [6.45, 7) is 8.84. The molecule has 0 aromatic heterocycles. The molecule has 4 N–H and O–H groups in total. The molecule has 3 rings (SSSR count). The van der Waals surface area contributed by atoms with Crippen LogP contribution in [0.2, 0.25) is 0 Å². The molecule has 4 atom stereocenters. The zero-order valence-electron chi connectivity index (χ0n) is 26.6. The predicted octanol–water partition coefficient (Wildman–Crippen LogP) is 5.61. The van der Waals surface area contributed by atoms with Crippen LogP contribution in [0.1, 0.15) is 77.4 Å². The fourth-order valence-electron chi connectivity index (χ4n) is 5.54. The van der Waals surface area contributed by atoms with Crippen LogP contribution in [0.4, 0.5) is 8.78 Å². The van der Waals surface area contributed by atoms with E-state index in [9.17, 15) is 28.3 Å². The molecule has 0 aliphatic rings. The number of rotatable bonds is 16. The van der Waals surface area contributed by atoms with Crippen LogP contribution in [0.15, 0.2) is 66.7 Å². The molecular weight excluding hydrogens is 576 g/mol. The number of nitrogens with zero attached hydrogens (tertiary/aromatic N) is 1. The van der Waals surface area contributed by atoms with Crippen molar-refractivity contribution in [1.82, 2.24) is 10.2 Å². The third-order valence-electron chi connectivity index (χ3n) is 7.93. The third-order valence-corrected chi connectivity index (χ3v) is 7.93. The van der Waals surface area contributed by atoms with E-state index in [2.05, 4.69) is 5.32 Å². The molecule has 0 radical (unpaired) electrons. The largest absolute Gasteiger partial charge is 0.391 e. The van der Waals surface area contributed by atoms with Gasteiger partial charge in [-0.1, -0.05) is 51.1 Å². The van der Waals surface area contributed by atoms with Gasteiger partial charge >= 0.3 is 0 Å². The Kier molecular flexibility index (Phi) is 13.4. The maximum absolute atomic E-state index is 14.2. The van der Waals surface area contributed by atoms with Crippen molar-refractivity contribution in [2.45, 2.75) is 72.1 Å². The number of hydrogen-bond acceptors (Lipinski definition) is 5. The number of carbonyl (C=O) groups excluding carboxylic acids is 3. The van der Waals surface area contributed by atoms with E-state index in [4.69, 9.17) is 5.73 Å². The van der Waals surface area contributed by atoms with E-state index < -0.39 is 41.4 Å². The van der Waals surface area contributed by atoms with Gasteiger partial charge in [-0.2, -0.15) is 0 Å². The molecule has 0 heterocycles. The van der Waals surface area contributed by atoms with Crippen molar-refractivity contribution in [1.29, 1.82) is 0 Å². The van der Waals surface area contributed by atoms with E-state index in [0.29, 0.717) is 24.2 Å². The molecule has 0 fully saturated rings. The van der Waals surface area contributed by atoms with Gasteiger partial charge in [0.25, 0.3) is 5.91 Å². The summed E-state index contributed by atoms with van der Waals surface area (Å²) in [5.41, 5.74) is 8.77. The molecule has 45 heavy (non-hydrogen) atoms. The van der Waals surface area contributed by atoms with Gasteiger partial charge in [0.15, 0.2) is 5.78 Å². The Morgan fingerprint density at radius 3 is 2.09 bits per heavy atom. The standard InChI is InChI=1S/C36H45F2N3O4/c1-5-12-41(13-6-2)36(45)28-15-23(3)14-27(19-28)34(43)31(24(4)35(44)40-22-25-10-8-7-9-11-25)21-33(42)32(39)18-26-16-29(37)20-30(38)17-26/h7-11,14-17,19-20,24,31-33,42H,5-6,12-13,18,21-22,39H2,1-4H3,(H,40,44)/t24-,31?,32+,33-/m1/s1. The van der Waals surface area contributed by atoms with Crippen molar-refractivity contribution in [3.63, 3.8) is 0 Å². The van der Waals surface area contributed by atoms with Crippen molar-refractivity contribution in [2.75, 3.05) is 13.1 Å². The van der Waals surface area contributed by atoms with Gasteiger partial charge in [-0.15, -0.1) is 0 Å². The molecule has 3 aromatic carbocycles. The van der Waals surface area contributed by atoms with Crippen molar-refractivity contribution in [3.05, 3.63) is 106 Å². The maximum atomic E-state index is 14.2. The lowest BCUT2D eigenvalue weighted by Gasteiger charge is -2.28. The SMILES string of the molecule is CCCN(CCC)C(=O)c1cc(C)cc(C(=O)C(C[C@@H](O)[C@@H](N)Cc2cc(F)cc(F)c2)[C@@H](C)C(=O)NCc2ccccc2)c1. The summed E-state index contributed by atoms with van der Waals surface area (Å²) >= 11 is 0. The molecular formula is C36H45F2N3O4. The molecule has 242 valence electrons. The first-order valence-corrected chi connectivity index (χ1v) is 15.6. The first-order valence-electron chi connectivity index (χ1n) is 15.6. The van der Waals surface area contributed by atoms with Crippen molar-refractivity contribution < 1.29 is 28.3 Å². The number of benzene rings is 3. The van der Waals surface area contributed by atoms with Crippen LogP contribution in [0.25, 0.3) is 0 Å². The van der Waals surface area contributed by atoms with E-state index in [1.165, 1.54) is 0 Å². The molecule has 1 unspecified atom stereocenters.